The fourth-order valence-electron chi connectivity index (χ4n) is 4.63. The highest BCUT2D eigenvalue weighted by molar-refractivity contribution is 5.92. The van der Waals surface area contributed by atoms with Gasteiger partial charge in [0.15, 0.2) is 0 Å². The predicted octanol–water partition coefficient (Wildman–Crippen LogP) is 5.73. The zero-order valence-electron chi connectivity index (χ0n) is 23.4. The van der Waals surface area contributed by atoms with Crippen LogP contribution in [0.1, 0.15) is 109 Å². The second kappa shape index (κ2) is 13.7. The molecule has 0 heterocycles. The van der Waals surface area contributed by atoms with Crippen molar-refractivity contribution in [2.45, 2.75) is 124 Å². The summed E-state index contributed by atoms with van der Waals surface area (Å²) in [5, 5.41) is 5.91. The molecule has 1 aromatic carbocycles. The van der Waals surface area contributed by atoms with Gasteiger partial charge >= 0.3 is 6.09 Å². The molecule has 3 amide bonds. The van der Waals surface area contributed by atoms with Crippen LogP contribution in [0.4, 0.5) is 4.79 Å². The molecule has 2 N–H and O–H groups in total. The third-order valence-electron chi connectivity index (χ3n) is 6.75. The van der Waals surface area contributed by atoms with Crippen molar-refractivity contribution < 1.29 is 19.1 Å². The first-order valence-electron chi connectivity index (χ1n) is 13.6. The summed E-state index contributed by atoms with van der Waals surface area (Å²) in [5.74, 6) is -0.446. The average Bonchev–Trinajstić information content (AvgIpc) is 2.79. The molecule has 2 atom stereocenters. The Balaban J connectivity index is 2.38. The Morgan fingerprint density at radius 1 is 1.06 bits per heavy atom. The summed E-state index contributed by atoms with van der Waals surface area (Å²) >= 11 is 0. The number of carbonyl (C=O) groups excluding carboxylic acids is 3. The first-order chi connectivity index (χ1) is 16.9. The molecule has 2 rings (SSSR count). The molecule has 0 saturated heterocycles. The standard InChI is InChI=1S/C29H47N3O4/c1-8-9-13-18-32(27(34)22(4)30-28(35)36-29(5,6)7)25(23-17-16-20(2)21(3)19-23)26(33)31-24-14-11-10-12-15-24/h16-17,19,22,24-25H,8-15,18H2,1-7H3,(H,30,35)(H,31,33). The number of carbonyl (C=O) groups is 3. The fraction of sp³-hybridized carbons (Fsp3) is 0.690. The van der Waals surface area contributed by atoms with Crippen molar-refractivity contribution in [2.24, 2.45) is 0 Å². The summed E-state index contributed by atoms with van der Waals surface area (Å²) in [6.07, 6.45) is 7.41. The fourth-order valence-corrected chi connectivity index (χ4v) is 4.63. The van der Waals surface area contributed by atoms with Crippen molar-refractivity contribution >= 4 is 17.9 Å². The second-order valence-electron chi connectivity index (χ2n) is 11.2. The number of benzene rings is 1. The largest absolute Gasteiger partial charge is 0.444 e. The van der Waals surface area contributed by atoms with Crippen LogP contribution in [-0.4, -0.2) is 47.0 Å². The maximum absolute atomic E-state index is 13.8. The molecule has 1 fully saturated rings. The predicted molar refractivity (Wildman–Crippen MR) is 144 cm³/mol. The van der Waals surface area contributed by atoms with Crippen molar-refractivity contribution in [3.05, 3.63) is 34.9 Å². The van der Waals surface area contributed by atoms with E-state index >= 15 is 0 Å². The average molecular weight is 502 g/mol. The Labute approximate surface area is 217 Å². The third-order valence-corrected chi connectivity index (χ3v) is 6.75. The summed E-state index contributed by atoms with van der Waals surface area (Å²) in [7, 11) is 0. The number of amides is 3. The molecule has 1 aromatic rings. The Morgan fingerprint density at radius 3 is 2.31 bits per heavy atom. The van der Waals surface area contributed by atoms with Crippen LogP contribution >= 0.6 is 0 Å². The number of alkyl carbamates (subject to hydrolysis) is 1. The Hall–Kier alpha value is -2.57. The van der Waals surface area contributed by atoms with Gasteiger partial charge in [-0.3, -0.25) is 9.59 Å². The molecule has 1 saturated carbocycles. The van der Waals surface area contributed by atoms with Gasteiger partial charge in [0, 0.05) is 12.6 Å². The topological polar surface area (TPSA) is 87.7 Å². The van der Waals surface area contributed by atoms with E-state index in [1.54, 1.807) is 32.6 Å². The summed E-state index contributed by atoms with van der Waals surface area (Å²) in [6, 6.07) is 4.48. The maximum Gasteiger partial charge on any atom is 0.408 e. The lowest BCUT2D eigenvalue weighted by molar-refractivity contribution is -0.142. The molecular weight excluding hydrogens is 454 g/mol. The molecule has 0 aliphatic heterocycles. The van der Waals surface area contributed by atoms with E-state index in [9.17, 15) is 14.4 Å². The Bertz CT molecular complexity index is 887. The summed E-state index contributed by atoms with van der Waals surface area (Å²) in [5.41, 5.74) is 2.33. The van der Waals surface area contributed by atoms with E-state index in [0.717, 1.165) is 61.6 Å². The van der Waals surface area contributed by atoms with Gasteiger partial charge in [-0.15, -0.1) is 0 Å². The highest BCUT2D eigenvalue weighted by Gasteiger charge is 2.35. The number of rotatable bonds is 10. The lowest BCUT2D eigenvalue weighted by atomic mass is 9.94. The van der Waals surface area contributed by atoms with E-state index in [1.807, 2.05) is 32.0 Å². The first kappa shape index (κ1) is 29.7. The van der Waals surface area contributed by atoms with Crippen LogP contribution in [0, 0.1) is 13.8 Å². The molecule has 7 heteroatoms. The van der Waals surface area contributed by atoms with E-state index in [4.69, 9.17) is 4.74 Å². The molecule has 0 radical (unpaired) electrons. The summed E-state index contributed by atoms with van der Waals surface area (Å²) in [6.45, 7) is 13.6. The minimum atomic E-state index is -0.835. The molecule has 7 nitrogen and oxygen atoms in total. The van der Waals surface area contributed by atoms with Crippen LogP contribution in [0.2, 0.25) is 0 Å². The molecule has 0 aromatic heterocycles. The number of nitrogens with one attached hydrogen (secondary N) is 2. The summed E-state index contributed by atoms with van der Waals surface area (Å²) < 4.78 is 5.36. The van der Waals surface area contributed by atoms with Gasteiger partial charge in [-0.05, 0) is 77.5 Å². The number of unbranched alkanes of at least 4 members (excludes halogenated alkanes) is 2. The lowest BCUT2D eigenvalue weighted by Crippen LogP contribution is -2.53. The highest BCUT2D eigenvalue weighted by atomic mass is 16.6. The number of ether oxygens (including phenoxy) is 1. The minimum Gasteiger partial charge on any atom is -0.444 e. The third kappa shape index (κ3) is 9.14. The van der Waals surface area contributed by atoms with Crippen molar-refractivity contribution in [1.82, 2.24) is 15.5 Å². The van der Waals surface area contributed by atoms with E-state index in [1.165, 1.54) is 6.42 Å². The van der Waals surface area contributed by atoms with Gasteiger partial charge in [-0.25, -0.2) is 4.79 Å². The Kier molecular flexibility index (Phi) is 11.3. The number of hydrogen-bond acceptors (Lipinski definition) is 4. The zero-order chi connectivity index (χ0) is 26.9. The van der Waals surface area contributed by atoms with Crippen LogP contribution in [0.25, 0.3) is 0 Å². The van der Waals surface area contributed by atoms with Gasteiger partial charge in [0.1, 0.15) is 17.7 Å². The maximum atomic E-state index is 13.8. The molecule has 2 unspecified atom stereocenters. The van der Waals surface area contributed by atoms with Crippen LogP contribution in [-0.2, 0) is 14.3 Å². The van der Waals surface area contributed by atoms with Crippen LogP contribution < -0.4 is 10.6 Å². The van der Waals surface area contributed by atoms with Crippen molar-refractivity contribution in [3.63, 3.8) is 0 Å². The van der Waals surface area contributed by atoms with Gasteiger partial charge in [-0.1, -0.05) is 57.2 Å². The van der Waals surface area contributed by atoms with E-state index < -0.39 is 23.8 Å². The van der Waals surface area contributed by atoms with Gasteiger partial charge < -0.3 is 20.3 Å². The smallest absolute Gasteiger partial charge is 0.408 e. The van der Waals surface area contributed by atoms with Crippen molar-refractivity contribution in [2.75, 3.05) is 6.54 Å². The number of hydrogen-bond donors (Lipinski definition) is 2. The number of nitrogens with zero attached hydrogens (tertiary/aromatic N) is 1. The van der Waals surface area contributed by atoms with Gasteiger partial charge in [0.25, 0.3) is 0 Å². The SMILES string of the molecule is CCCCCN(C(=O)C(C)NC(=O)OC(C)(C)C)C(C(=O)NC1CCCCC1)c1ccc(C)c(C)c1. The molecule has 1 aliphatic carbocycles. The minimum absolute atomic E-state index is 0.130. The number of aryl methyl sites for hydroxylation is 2. The first-order valence-corrected chi connectivity index (χ1v) is 13.6. The van der Waals surface area contributed by atoms with Crippen molar-refractivity contribution in [3.8, 4) is 0 Å². The Morgan fingerprint density at radius 2 is 1.72 bits per heavy atom. The molecule has 1 aliphatic rings. The van der Waals surface area contributed by atoms with Gasteiger partial charge in [-0.2, -0.15) is 0 Å². The van der Waals surface area contributed by atoms with E-state index in [-0.39, 0.29) is 17.9 Å². The molecule has 0 spiro atoms. The molecular formula is C29H47N3O4. The van der Waals surface area contributed by atoms with E-state index in [0.29, 0.717) is 6.54 Å². The lowest BCUT2D eigenvalue weighted by Gasteiger charge is -2.35. The normalized spacial score (nSPS) is 16.1. The van der Waals surface area contributed by atoms with Gasteiger partial charge in [0.05, 0.1) is 0 Å². The molecule has 202 valence electrons. The van der Waals surface area contributed by atoms with Crippen LogP contribution in [0.5, 0.6) is 0 Å². The highest BCUT2D eigenvalue weighted by Crippen LogP contribution is 2.27. The molecule has 36 heavy (non-hydrogen) atoms. The molecule has 0 bridgehead atoms. The van der Waals surface area contributed by atoms with Crippen LogP contribution in [0.3, 0.4) is 0 Å². The summed E-state index contributed by atoms with van der Waals surface area (Å²) in [4.78, 5) is 41.6. The second-order valence-corrected chi connectivity index (χ2v) is 11.2. The quantitative estimate of drug-likeness (QED) is 0.401. The van der Waals surface area contributed by atoms with Gasteiger partial charge in [0.2, 0.25) is 11.8 Å². The van der Waals surface area contributed by atoms with E-state index in [2.05, 4.69) is 17.6 Å². The zero-order valence-corrected chi connectivity index (χ0v) is 23.4. The monoisotopic (exact) mass is 501 g/mol. The van der Waals surface area contributed by atoms with Crippen molar-refractivity contribution in [1.29, 1.82) is 0 Å². The van der Waals surface area contributed by atoms with Crippen LogP contribution in [0.15, 0.2) is 18.2 Å².